The van der Waals surface area contributed by atoms with E-state index in [1.807, 2.05) is 6.92 Å². The summed E-state index contributed by atoms with van der Waals surface area (Å²) in [4.78, 5) is 29.2. The van der Waals surface area contributed by atoms with Gasteiger partial charge in [-0.1, -0.05) is 6.92 Å². The first-order valence-electron chi connectivity index (χ1n) is 13.2. The first kappa shape index (κ1) is 30.7. The van der Waals surface area contributed by atoms with Gasteiger partial charge in [0, 0.05) is 30.9 Å². The van der Waals surface area contributed by atoms with Crippen LogP contribution in [0.2, 0.25) is 0 Å². The molecule has 1 aliphatic rings. The molecule has 0 spiro atoms. The number of likely N-dealkylation sites (N-methyl/N-ethyl adjacent to an activating group) is 1. The number of benzene rings is 3. The van der Waals surface area contributed by atoms with Gasteiger partial charge in [0.1, 0.15) is 23.5 Å². The Balaban J connectivity index is 1.61. The molecule has 3 atom stereocenters. The Bertz CT molecular complexity index is 1540. The van der Waals surface area contributed by atoms with Gasteiger partial charge in [-0.15, -0.1) is 0 Å². The molecule has 4 rings (SSSR count). The summed E-state index contributed by atoms with van der Waals surface area (Å²) in [7, 11) is -2.52. The molecule has 0 aliphatic carbocycles. The minimum Gasteiger partial charge on any atom is -0.487 e. The van der Waals surface area contributed by atoms with Crippen LogP contribution in [0, 0.1) is 17.6 Å². The zero-order valence-corrected chi connectivity index (χ0v) is 24.1. The Kier molecular flexibility index (Phi) is 9.32. The predicted octanol–water partition coefficient (Wildman–Crippen LogP) is 4.15. The fraction of sp³-hybridized carbons (Fsp3) is 0.310. The van der Waals surface area contributed by atoms with Crippen molar-refractivity contribution in [2.24, 2.45) is 5.92 Å². The molecule has 0 aromatic heterocycles. The van der Waals surface area contributed by atoms with Gasteiger partial charge in [0.05, 0.1) is 29.7 Å². The van der Waals surface area contributed by atoms with E-state index in [0.29, 0.717) is 5.69 Å². The number of nitrogens with zero attached hydrogens (tertiary/aromatic N) is 2. The molecule has 1 heterocycles. The molecule has 10 nitrogen and oxygen atoms in total. The molecule has 13 heteroatoms. The lowest BCUT2D eigenvalue weighted by molar-refractivity contribution is 0.0371. The Labute approximate surface area is 242 Å². The molecule has 0 radical (unpaired) electrons. The maximum atomic E-state index is 13.6. The number of carbonyl (C=O) groups is 2. The number of aliphatic hydroxyl groups excluding tert-OH is 1. The van der Waals surface area contributed by atoms with Crippen LogP contribution in [0.4, 0.5) is 25.0 Å². The van der Waals surface area contributed by atoms with Gasteiger partial charge in [0.15, 0.2) is 0 Å². The average molecular weight is 603 g/mol. The van der Waals surface area contributed by atoms with E-state index in [-0.39, 0.29) is 47.5 Å². The molecule has 0 fully saturated rings. The third kappa shape index (κ3) is 7.15. The smallest absolute Gasteiger partial charge is 0.321 e. The summed E-state index contributed by atoms with van der Waals surface area (Å²) < 4.78 is 60.9. The van der Waals surface area contributed by atoms with Crippen LogP contribution in [0.5, 0.6) is 5.75 Å². The lowest BCUT2D eigenvalue weighted by Gasteiger charge is -2.38. The molecule has 0 unspecified atom stereocenters. The van der Waals surface area contributed by atoms with Gasteiger partial charge in [-0.2, -0.15) is 0 Å². The topological polar surface area (TPSA) is 128 Å². The summed E-state index contributed by atoms with van der Waals surface area (Å²) in [6.07, 6.45) is -0.601. The van der Waals surface area contributed by atoms with Crippen LogP contribution >= 0.6 is 0 Å². The summed E-state index contributed by atoms with van der Waals surface area (Å²) in [5.41, 5.74) is 0.548. The van der Waals surface area contributed by atoms with Crippen molar-refractivity contribution in [2.45, 2.75) is 30.9 Å². The number of urea groups is 1. The second-order valence-electron chi connectivity index (χ2n) is 10.2. The second kappa shape index (κ2) is 12.7. The quantitative estimate of drug-likeness (QED) is 0.356. The fourth-order valence-corrected chi connectivity index (χ4v) is 5.49. The summed E-state index contributed by atoms with van der Waals surface area (Å²) in [6, 6.07) is 12.9. The van der Waals surface area contributed by atoms with E-state index in [0.717, 1.165) is 24.3 Å². The van der Waals surface area contributed by atoms with Crippen molar-refractivity contribution in [1.82, 2.24) is 9.80 Å². The standard InChI is InChI=1S/C29H32F2N4O6S/c1-18-15-35(19(2)17-36)28(37)25-14-23(33-42(39,40)24-11-6-21(31)7-12-24)10-13-26(25)41-27(18)16-34(3)29(38)32-22-8-4-20(30)5-9-22/h4-14,18-19,27,33,36H,15-17H2,1-3H3,(H,32,38)/t18-,19-,27+/m1/s1. The monoisotopic (exact) mass is 602 g/mol. The van der Waals surface area contributed by atoms with E-state index in [2.05, 4.69) is 10.0 Å². The number of halogens is 2. The first-order valence-corrected chi connectivity index (χ1v) is 14.6. The van der Waals surface area contributed by atoms with Crippen LogP contribution < -0.4 is 14.8 Å². The highest BCUT2D eigenvalue weighted by atomic mass is 32.2. The molecule has 1 aliphatic heterocycles. The zero-order chi connectivity index (χ0) is 30.6. The number of amides is 3. The lowest BCUT2D eigenvalue weighted by atomic mass is 9.99. The molecule has 3 N–H and O–H groups in total. The Morgan fingerprint density at radius 2 is 1.67 bits per heavy atom. The third-order valence-corrected chi connectivity index (χ3v) is 8.33. The first-order chi connectivity index (χ1) is 19.9. The Hall–Kier alpha value is -4.23. The fourth-order valence-electron chi connectivity index (χ4n) is 4.44. The van der Waals surface area contributed by atoms with Crippen molar-refractivity contribution in [2.75, 3.05) is 36.8 Å². The number of carbonyl (C=O) groups excluding carboxylic acids is 2. The number of rotatable bonds is 8. The zero-order valence-electron chi connectivity index (χ0n) is 23.3. The number of sulfonamides is 1. The van der Waals surface area contributed by atoms with E-state index in [4.69, 9.17) is 4.74 Å². The maximum absolute atomic E-state index is 13.6. The lowest BCUT2D eigenvalue weighted by Crippen LogP contribution is -2.50. The molecule has 0 bridgehead atoms. The number of anilines is 2. The number of aliphatic hydroxyl groups is 1. The Morgan fingerprint density at radius 1 is 1.07 bits per heavy atom. The second-order valence-corrected chi connectivity index (χ2v) is 11.9. The molecular formula is C29H32F2N4O6S. The van der Waals surface area contributed by atoms with Gasteiger partial charge in [-0.05, 0) is 73.7 Å². The molecule has 3 aromatic carbocycles. The molecule has 3 aromatic rings. The number of hydrogen-bond acceptors (Lipinski definition) is 6. The van der Waals surface area contributed by atoms with E-state index in [1.165, 1.54) is 52.3 Å². The van der Waals surface area contributed by atoms with Crippen LogP contribution in [0.1, 0.15) is 24.2 Å². The van der Waals surface area contributed by atoms with Gasteiger partial charge < -0.3 is 25.0 Å². The SMILES string of the molecule is C[C@@H]1CN([C@H](C)CO)C(=O)c2cc(NS(=O)(=O)c3ccc(F)cc3)ccc2O[C@H]1CN(C)C(=O)Nc1ccc(F)cc1. The van der Waals surface area contributed by atoms with Gasteiger partial charge in [-0.3, -0.25) is 9.52 Å². The van der Waals surface area contributed by atoms with Crippen molar-refractivity contribution in [3.8, 4) is 5.75 Å². The molecule has 224 valence electrons. The summed E-state index contributed by atoms with van der Waals surface area (Å²) in [6.45, 7) is 3.53. The maximum Gasteiger partial charge on any atom is 0.321 e. The minimum absolute atomic E-state index is 0.0601. The van der Waals surface area contributed by atoms with Gasteiger partial charge >= 0.3 is 6.03 Å². The van der Waals surface area contributed by atoms with Crippen LogP contribution in [-0.2, 0) is 10.0 Å². The van der Waals surface area contributed by atoms with Crippen molar-refractivity contribution >= 4 is 33.3 Å². The van der Waals surface area contributed by atoms with Crippen LogP contribution in [0.3, 0.4) is 0 Å². The van der Waals surface area contributed by atoms with Crippen molar-refractivity contribution < 1.29 is 36.6 Å². The highest BCUT2D eigenvalue weighted by Crippen LogP contribution is 2.31. The summed E-state index contributed by atoms with van der Waals surface area (Å²) >= 11 is 0. The molecule has 42 heavy (non-hydrogen) atoms. The van der Waals surface area contributed by atoms with Crippen LogP contribution in [0.25, 0.3) is 0 Å². The van der Waals surface area contributed by atoms with E-state index < -0.39 is 45.7 Å². The number of fused-ring (bicyclic) bond motifs is 1. The number of nitrogens with one attached hydrogen (secondary N) is 2. The highest BCUT2D eigenvalue weighted by Gasteiger charge is 2.34. The number of hydrogen-bond donors (Lipinski definition) is 3. The predicted molar refractivity (Wildman–Crippen MR) is 153 cm³/mol. The third-order valence-electron chi connectivity index (χ3n) is 6.94. The summed E-state index contributed by atoms with van der Waals surface area (Å²) in [5, 5.41) is 12.6. The normalized spacial score (nSPS) is 17.8. The van der Waals surface area contributed by atoms with Gasteiger partial charge in [0.2, 0.25) is 0 Å². The minimum atomic E-state index is -4.09. The van der Waals surface area contributed by atoms with E-state index in [9.17, 15) is 31.9 Å². The summed E-state index contributed by atoms with van der Waals surface area (Å²) in [5.74, 6) is -1.60. The highest BCUT2D eigenvalue weighted by molar-refractivity contribution is 7.92. The van der Waals surface area contributed by atoms with Crippen molar-refractivity contribution in [3.63, 3.8) is 0 Å². The number of ether oxygens (including phenoxy) is 1. The van der Waals surface area contributed by atoms with Crippen LogP contribution in [0.15, 0.2) is 71.6 Å². The molecular weight excluding hydrogens is 570 g/mol. The molecule has 0 saturated carbocycles. The Morgan fingerprint density at radius 3 is 2.29 bits per heavy atom. The van der Waals surface area contributed by atoms with Crippen molar-refractivity contribution in [3.05, 3.63) is 83.9 Å². The largest absolute Gasteiger partial charge is 0.487 e. The molecule has 3 amide bonds. The van der Waals surface area contributed by atoms with Crippen molar-refractivity contribution in [1.29, 1.82) is 0 Å². The van der Waals surface area contributed by atoms with E-state index >= 15 is 0 Å². The molecule has 0 saturated heterocycles. The van der Waals surface area contributed by atoms with Gasteiger partial charge in [-0.25, -0.2) is 22.0 Å². The van der Waals surface area contributed by atoms with Crippen LogP contribution in [-0.4, -0.2) is 74.2 Å². The average Bonchev–Trinajstić information content (AvgIpc) is 2.96. The van der Waals surface area contributed by atoms with Gasteiger partial charge in [0.25, 0.3) is 15.9 Å². The van der Waals surface area contributed by atoms with E-state index in [1.54, 1.807) is 14.0 Å².